The monoisotopic (exact) mass is 290 g/mol. The Hall–Kier alpha value is -1.88. The second-order valence-electron chi connectivity index (χ2n) is 5.61. The molecule has 5 heteroatoms. The van der Waals surface area contributed by atoms with Gasteiger partial charge in [-0.3, -0.25) is 9.59 Å². The Morgan fingerprint density at radius 2 is 2.10 bits per heavy atom. The van der Waals surface area contributed by atoms with Gasteiger partial charge in [-0.05, 0) is 26.0 Å². The van der Waals surface area contributed by atoms with E-state index in [-0.39, 0.29) is 30.2 Å². The average molecular weight is 290 g/mol. The summed E-state index contributed by atoms with van der Waals surface area (Å²) >= 11 is 0. The van der Waals surface area contributed by atoms with Crippen molar-refractivity contribution >= 4 is 17.5 Å². The van der Waals surface area contributed by atoms with E-state index in [1.807, 2.05) is 38.1 Å². The van der Waals surface area contributed by atoms with Crippen LogP contribution in [0.25, 0.3) is 0 Å². The molecule has 1 aliphatic heterocycles. The topological polar surface area (TPSA) is 58.6 Å². The number of methoxy groups -OCH3 is 1. The van der Waals surface area contributed by atoms with Crippen molar-refractivity contribution < 1.29 is 14.3 Å². The SMILES string of the molecule is COC[C@H](C)NC(=O)[C@@H]1CC(=O)N(c2ccc(C)cc2)C1. The van der Waals surface area contributed by atoms with E-state index in [1.165, 1.54) is 0 Å². The van der Waals surface area contributed by atoms with Crippen molar-refractivity contribution in [3.05, 3.63) is 29.8 Å². The number of rotatable bonds is 5. The molecule has 1 saturated heterocycles. The van der Waals surface area contributed by atoms with Gasteiger partial charge in [0.05, 0.1) is 12.5 Å². The molecule has 1 heterocycles. The lowest BCUT2D eigenvalue weighted by atomic mass is 10.1. The van der Waals surface area contributed by atoms with Gasteiger partial charge in [0.15, 0.2) is 0 Å². The molecule has 0 bridgehead atoms. The minimum Gasteiger partial charge on any atom is -0.383 e. The molecule has 1 aliphatic rings. The summed E-state index contributed by atoms with van der Waals surface area (Å²) in [5.41, 5.74) is 2.00. The summed E-state index contributed by atoms with van der Waals surface area (Å²) < 4.78 is 5.00. The summed E-state index contributed by atoms with van der Waals surface area (Å²) in [7, 11) is 1.60. The van der Waals surface area contributed by atoms with Crippen LogP contribution in [-0.2, 0) is 14.3 Å². The first-order valence-corrected chi connectivity index (χ1v) is 7.17. The summed E-state index contributed by atoms with van der Waals surface area (Å²) in [6.45, 7) is 4.79. The molecule has 0 aromatic heterocycles. The molecule has 0 radical (unpaired) electrons. The third-order valence-electron chi connectivity index (χ3n) is 3.65. The van der Waals surface area contributed by atoms with Crippen LogP contribution in [0.3, 0.4) is 0 Å². The van der Waals surface area contributed by atoms with Gasteiger partial charge < -0.3 is 15.0 Å². The number of hydrogen-bond donors (Lipinski definition) is 1. The summed E-state index contributed by atoms with van der Waals surface area (Å²) in [5, 5.41) is 2.88. The predicted molar refractivity (Wildman–Crippen MR) is 81.1 cm³/mol. The van der Waals surface area contributed by atoms with Crippen molar-refractivity contribution in [2.24, 2.45) is 5.92 Å². The maximum absolute atomic E-state index is 12.2. The van der Waals surface area contributed by atoms with E-state index in [0.717, 1.165) is 11.3 Å². The standard InChI is InChI=1S/C16H22N2O3/c1-11-4-6-14(7-5-11)18-9-13(8-15(18)19)16(20)17-12(2)10-21-3/h4-7,12-13H,8-10H2,1-3H3,(H,17,20)/t12-,13+/m0/s1. The minimum absolute atomic E-state index is 0.00148. The number of carbonyl (C=O) groups excluding carboxylic acids is 2. The molecule has 2 rings (SSSR count). The van der Waals surface area contributed by atoms with Crippen molar-refractivity contribution in [1.82, 2.24) is 5.32 Å². The first-order valence-electron chi connectivity index (χ1n) is 7.17. The highest BCUT2D eigenvalue weighted by Crippen LogP contribution is 2.25. The first-order chi connectivity index (χ1) is 10.0. The zero-order chi connectivity index (χ0) is 15.4. The maximum atomic E-state index is 12.2. The molecule has 1 aromatic rings. The molecule has 1 N–H and O–H groups in total. The van der Waals surface area contributed by atoms with Gasteiger partial charge in [-0.2, -0.15) is 0 Å². The lowest BCUT2D eigenvalue weighted by Gasteiger charge is -2.18. The number of nitrogens with zero attached hydrogens (tertiary/aromatic N) is 1. The maximum Gasteiger partial charge on any atom is 0.227 e. The van der Waals surface area contributed by atoms with Crippen molar-refractivity contribution in [1.29, 1.82) is 0 Å². The van der Waals surface area contributed by atoms with E-state index in [0.29, 0.717) is 13.2 Å². The minimum atomic E-state index is -0.293. The van der Waals surface area contributed by atoms with E-state index in [4.69, 9.17) is 4.74 Å². The molecule has 1 aromatic carbocycles. The van der Waals surface area contributed by atoms with Gasteiger partial charge in [-0.15, -0.1) is 0 Å². The Balaban J connectivity index is 1.99. The van der Waals surface area contributed by atoms with Crippen molar-refractivity contribution in [2.45, 2.75) is 26.3 Å². The number of hydrogen-bond acceptors (Lipinski definition) is 3. The summed E-state index contributed by atoms with van der Waals surface area (Å²) in [5.74, 6) is -0.376. The van der Waals surface area contributed by atoms with E-state index in [1.54, 1.807) is 12.0 Å². The van der Waals surface area contributed by atoms with Crippen LogP contribution >= 0.6 is 0 Å². The summed E-state index contributed by atoms with van der Waals surface area (Å²) in [6, 6.07) is 7.72. The molecule has 0 spiro atoms. The Kier molecular flexibility index (Phi) is 4.96. The fourth-order valence-electron chi connectivity index (χ4n) is 2.51. The average Bonchev–Trinajstić information content (AvgIpc) is 2.82. The van der Waals surface area contributed by atoms with Crippen LogP contribution in [0.4, 0.5) is 5.69 Å². The normalized spacial score (nSPS) is 19.7. The molecule has 114 valence electrons. The highest BCUT2D eigenvalue weighted by Gasteiger charge is 2.35. The number of ether oxygens (including phenoxy) is 1. The Labute approximate surface area is 125 Å². The van der Waals surface area contributed by atoms with Crippen LogP contribution in [0.2, 0.25) is 0 Å². The van der Waals surface area contributed by atoms with Gasteiger partial charge in [0.2, 0.25) is 11.8 Å². The molecular formula is C16H22N2O3. The molecule has 1 fully saturated rings. The third kappa shape index (κ3) is 3.82. The molecule has 0 saturated carbocycles. The van der Waals surface area contributed by atoms with Crippen LogP contribution in [0, 0.1) is 12.8 Å². The largest absolute Gasteiger partial charge is 0.383 e. The van der Waals surface area contributed by atoms with Gasteiger partial charge in [-0.1, -0.05) is 17.7 Å². The molecule has 2 amide bonds. The quantitative estimate of drug-likeness (QED) is 0.894. The predicted octanol–water partition coefficient (Wildman–Crippen LogP) is 1.50. The van der Waals surface area contributed by atoms with Crippen molar-refractivity contribution in [3.63, 3.8) is 0 Å². The number of aryl methyl sites for hydroxylation is 1. The molecule has 0 unspecified atom stereocenters. The van der Waals surface area contributed by atoms with Crippen LogP contribution in [-0.4, -0.2) is 38.1 Å². The van der Waals surface area contributed by atoms with Crippen LogP contribution < -0.4 is 10.2 Å². The molecule has 21 heavy (non-hydrogen) atoms. The zero-order valence-electron chi connectivity index (χ0n) is 12.8. The zero-order valence-corrected chi connectivity index (χ0v) is 12.8. The molecule has 0 aliphatic carbocycles. The number of anilines is 1. The molecular weight excluding hydrogens is 268 g/mol. The van der Waals surface area contributed by atoms with E-state index >= 15 is 0 Å². The van der Waals surface area contributed by atoms with Crippen molar-refractivity contribution in [3.8, 4) is 0 Å². The molecule has 2 atom stereocenters. The fourth-order valence-corrected chi connectivity index (χ4v) is 2.51. The summed E-state index contributed by atoms with van der Waals surface area (Å²) in [4.78, 5) is 26.0. The Bertz CT molecular complexity index is 513. The van der Waals surface area contributed by atoms with E-state index in [2.05, 4.69) is 5.32 Å². The van der Waals surface area contributed by atoms with E-state index < -0.39 is 0 Å². The van der Waals surface area contributed by atoms with Gasteiger partial charge in [-0.25, -0.2) is 0 Å². The Morgan fingerprint density at radius 1 is 1.43 bits per heavy atom. The highest BCUT2D eigenvalue weighted by atomic mass is 16.5. The second kappa shape index (κ2) is 6.72. The lowest BCUT2D eigenvalue weighted by Crippen LogP contribution is -2.40. The molecule has 5 nitrogen and oxygen atoms in total. The van der Waals surface area contributed by atoms with Gasteiger partial charge in [0.1, 0.15) is 0 Å². The number of benzene rings is 1. The van der Waals surface area contributed by atoms with Crippen LogP contribution in [0.5, 0.6) is 0 Å². The third-order valence-corrected chi connectivity index (χ3v) is 3.65. The Morgan fingerprint density at radius 3 is 2.71 bits per heavy atom. The first kappa shape index (κ1) is 15.5. The number of carbonyl (C=O) groups is 2. The smallest absolute Gasteiger partial charge is 0.227 e. The number of amides is 2. The second-order valence-corrected chi connectivity index (χ2v) is 5.61. The van der Waals surface area contributed by atoms with E-state index in [9.17, 15) is 9.59 Å². The van der Waals surface area contributed by atoms with Crippen molar-refractivity contribution in [2.75, 3.05) is 25.2 Å². The highest BCUT2D eigenvalue weighted by molar-refractivity contribution is 6.00. The fraction of sp³-hybridized carbons (Fsp3) is 0.500. The summed E-state index contributed by atoms with van der Waals surface area (Å²) in [6.07, 6.45) is 0.263. The van der Waals surface area contributed by atoms with Gasteiger partial charge >= 0.3 is 0 Å². The lowest BCUT2D eigenvalue weighted by molar-refractivity contribution is -0.127. The van der Waals surface area contributed by atoms with Gasteiger partial charge in [0.25, 0.3) is 0 Å². The van der Waals surface area contributed by atoms with Crippen LogP contribution in [0.15, 0.2) is 24.3 Å². The van der Waals surface area contributed by atoms with Crippen LogP contribution in [0.1, 0.15) is 18.9 Å². The van der Waals surface area contributed by atoms with Gasteiger partial charge in [0, 0.05) is 31.8 Å². The number of nitrogens with one attached hydrogen (secondary N) is 1.